The molecule has 1 rings (SSSR count). The largest absolute Gasteiger partial charge is 0.496 e. The first kappa shape index (κ1) is 14.5. The molecule has 0 heterocycles. The molecule has 0 unspecified atom stereocenters. The summed E-state index contributed by atoms with van der Waals surface area (Å²) in [7, 11) is 1.71. The average Bonchev–Trinajstić information content (AvgIpc) is 2.38. The van der Waals surface area contributed by atoms with Crippen LogP contribution in [0.4, 0.5) is 0 Å². The van der Waals surface area contributed by atoms with Gasteiger partial charge in [0, 0.05) is 13.0 Å². The Kier molecular flexibility index (Phi) is 6.24. The molecule has 0 saturated carbocycles. The van der Waals surface area contributed by atoms with Crippen LogP contribution in [0.2, 0.25) is 0 Å². The molecule has 0 aliphatic rings. The third-order valence-electron chi connectivity index (χ3n) is 2.96. The van der Waals surface area contributed by atoms with E-state index in [0.717, 1.165) is 25.3 Å². The Morgan fingerprint density at radius 3 is 2.72 bits per heavy atom. The second-order valence-corrected chi connectivity index (χ2v) is 4.63. The van der Waals surface area contributed by atoms with E-state index in [9.17, 15) is 0 Å². The van der Waals surface area contributed by atoms with Gasteiger partial charge in [0.15, 0.2) is 0 Å². The molecule has 1 aromatic carbocycles. The van der Waals surface area contributed by atoms with Crippen molar-refractivity contribution >= 4 is 0 Å². The topological polar surface area (TPSA) is 45.0 Å². The zero-order valence-electron chi connectivity index (χ0n) is 11.5. The highest BCUT2D eigenvalue weighted by atomic mass is 16.5. The minimum atomic E-state index is 0.515. The molecule has 3 nitrogen and oxygen atoms in total. The van der Waals surface area contributed by atoms with Crippen molar-refractivity contribution in [3.8, 4) is 11.8 Å². The Morgan fingerprint density at radius 2 is 2.11 bits per heavy atom. The Hall–Kier alpha value is -1.53. The van der Waals surface area contributed by atoms with Crippen molar-refractivity contribution < 1.29 is 4.74 Å². The number of ether oxygens (including phenoxy) is 1. The van der Waals surface area contributed by atoms with E-state index in [1.807, 2.05) is 0 Å². The van der Waals surface area contributed by atoms with Crippen LogP contribution in [-0.2, 0) is 6.42 Å². The summed E-state index contributed by atoms with van der Waals surface area (Å²) < 4.78 is 5.43. The lowest BCUT2D eigenvalue weighted by Gasteiger charge is -2.12. The van der Waals surface area contributed by atoms with Crippen LogP contribution < -0.4 is 10.1 Å². The lowest BCUT2D eigenvalue weighted by molar-refractivity contribution is 0.408. The maximum Gasteiger partial charge on any atom is 0.122 e. The molecule has 0 radical (unpaired) electrons. The van der Waals surface area contributed by atoms with Gasteiger partial charge in [-0.2, -0.15) is 5.26 Å². The van der Waals surface area contributed by atoms with Crippen LogP contribution in [0.15, 0.2) is 18.2 Å². The fraction of sp³-hybridized carbons (Fsp3) is 0.533. The summed E-state index contributed by atoms with van der Waals surface area (Å²) in [5.41, 5.74) is 2.51. The molecule has 0 spiro atoms. The van der Waals surface area contributed by atoms with Crippen LogP contribution in [-0.4, -0.2) is 20.2 Å². The molecule has 3 heteroatoms. The molecule has 1 N–H and O–H groups in total. The minimum Gasteiger partial charge on any atom is -0.496 e. The summed E-state index contributed by atoms with van der Waals surface area (Å²) in [6, 6.07) is 8.55. The average molecular weight is 246 g/mol. The molecule has 0 saturated heterocycles. The van der Waals surface area contributed by atoms with Gasteiger partial charge < -0.3 is 10.1 Å². The van der Waals surface area contributed by atoms with E-state index in [4.69, 9.17) is 10.00 Å². The van der Waals surface area contributed by atoms with Crippen molar-refractivity contribution in [3.05, 3.63) is 29.3 Å². The number of nitrogens with one attached hydrogen (secondary N) is 1. The third-order valence-corrected chi connectivity index (χ3v) is 2.96. The summed E-state index contributed by atoms with van der Waals surface area (Å²) in [6.07, 6.45) is 1.48. The van der Waals surface area contributed by atoms with Crippen LogP contribution in [0.3, 0.4) is 0 Å². The molecule has 98 valence electrons. The van der Waals surface area contributed by atoms with Crippen molar-refractivity contribution in [1.82, 2.24) is 5.32 Å². The number of rotatable bonds is 7. The van der Waals surface area contributed by atoms with E-state index in [-0.39, 0.29) is 0 Å². The Balaban J connectivity index is 2.57. The van der Waals surface area contributed by atoms with Gasteiger partial charge in [0.2, 0.25) is 0 Å². The lowest BCUT2D eigenvalue weighted by atomic mass is 10.00. The van der Waals surface area contributed by atoms with E-state index < -0.39 is 0 Å². The fourth-order valence-corrected chi connectivity index (χ4v) is 1.82. The van der Waals surface area contributed by atoms with Gasteiger partial charge in [-0.3, -0.25) is 0 Å². The molecule has 0 fully saturated rings. The number of hydrogen-bond donors (Lipinski definition) is 1. The summed E-state index contributed by atoms with van der Waals surface area (Å²) >= 11 is 0. The first-order valence-corrected chi connectivity index (χ1v) is 6.43. The highest BCUT2D eigenvalue weighted by molar-refractivity contribution is 5.38. The Labute approximate surface area is 110 Å². The molecule has 0 aromatic heterocycles. The van der Waals surface area contributed by atoms with Gasteiger partial charge in [-0.25, -0.2) is 0 Å². The lowest BCUT2D eigenvalue weighted by Crippen LogP contribution is -2.18. The molecule has 0 bridgehead atoms. The quantitative estimate of drug-likeness (QED) is 0.752. The molecule has 0 aliphatic carbocycles. The van der Waals surface area contributed by atoms with Crippen LogP contribution in [0.5, 0.6) is 5.75 Å². The molecule has 18 heavy (non-hydrogen) atoms. The van der Waals surface area contributed by atoms with Crippen molar-refractivity contribution in [2.45, 2.75) is 32.6 Å². The molecule has 0 aliphatic heterocycles. The number of benzene rings is 1. The maximum atomic E-state index is 8.44. The van der Waals surface area contributed by atoms with Crippen LogP contribution in [0.1, 0.15) is 37.3 Å². The van der Waals surface area contributed by atoms with Crippen molar-refractivity contribution in [2.75, 3.05) is 20.2 Å². The number of hydrogen-bond acceptors (Lipinski definition) is 3. The van der Waals surface area contributed by atoms with Gasteiger partial charge in [0.05, 0.1) is 13.2 Å². The second kappa shape index (κ2) is 7.73. The van der Waals surface area contributed by atoms with Gasteiger partial charge in [0.1, 0.15) is 5.75 Å². The third kappa shape index (κ3) is 4.38. The van der Waals surface area contributed by atoms with Crippen LogP contribution in [0, 0.1) is 11.3 Å². The van der Waals surface area contributed by atoms with E-state index >= 15 is 0 Å². The van der Waals surface area contributed by atoms with Gasteiger partial charge >= 0.3 is 0 Å². The van der Waals surface area contributed by atoms with Crippen LogP contribution in [0.25, 0.3) is 0 Å². The summed E-state index contributed by atoms with van der Waals surface area (Å²) in [4.78, 5) is 0. The summed E-state index contributed by atoms with van der Waals surface area (Å²) in [6.45, 7) is 5.98. The molecule has 1 aromatic rings. The Morgan fingerprint density at radius 1 is 1.33 bits per heavy atom. The normalized spacial score (nSPS) is 10.4. The van der Waals surface area contributed by atoms with Crippen molar-refractivity contribution in [1.29, 1.82) is 5.26 Å². The van der Waals surface area contributed by atoms with Gasteiger partial charge in [-0.05, 0) is 36.1 Å². The molecule has 0 atom stereocenters. The number of nitrogens with zero attached hydrogens (tertiary/aromatic N) is 1. The zero-order valence-corrected chi connectivity index (χ0v) is 11.5. The first-order valence-electron chi connectivity index (χ1n) is 6.43. The fourth-order valence-electron chi connectivity index (χ4n) is 1.82. The van der Waals surface area contributed by atoms with E-state index in [1.165, 1.54) is 11.1 Å². The SMILES string of the molecule is COc1cc(C(C)C)ccc1CCNCCC#N. The zero-order chi connectivity index (χ0) is 13.4. The molecular formula is C15H22N2O. The van der Waals surface area contributed by atoms with E-state index in [0.29, 0.717) is 12.3 Å². The monoisotopic (exact) mass is 246 g/mol. The number of nitriles is 1. The highest BCUT2D eigenvalue weighted by Crippen LogP contribution is 2.24. The minimum absolute atomic E-state index is 0.515. The molecule has 0 amide bonds. The predicted octanol–water partition coefficient (Wildman–Crippen LogP) is 2.86. The van der Waals surface area contributed by atoms with E-state index in [2.05, 4.69) is 43.4 Å². The maximum absolute atomic E-state index is 8.44. The first-order chi connectivity index (χ1) is 8.69. The highest BCUT2D eigenvalue weighted by Gasteiger charge is 2.06. The Bertz CT molecular complexity index is 407. The van der Waals surface area contributed by atoms with Crippen LogP contribution >= 0.6 is 0 Å². The molecular weight excluding hydrogens is 224 g/mol. The van der Waals surface area contributed by atoms with Gasteiger partial charge in [-0.1, -0.05) is 26.0 Å². The summed E-state index contributed by atoms with van der Waals surface area (Å²) in [5.74, 6) is 1.48. The second-order valence-electron chi connectivity index (χ2n) is 4.63. The van der Waals surface area contributed by atoms with Gasteiger partial charge in [0.25, 0.3) is 0 Å². The van der Waals surface area contributed by atoms with Gasteiger partial charge in [-0.15, -0.1) is 0 Å². The number of methoxy groups -OCH3 is 1. The van der Waals surface area contributed by atoms with Crippen molar-refractivity contribution in [2.24, 2.45) is 0 Å². The van der Waals surface area contributed by atoms with Crippen molar-refractivity contribution in [3.63, 3.8) is 0 Å². The smallest absolute Gasteiger partial charge is 0.122 e. The predicted molar refractivity (Wildman–Crippen MR) is 73.9 cm³/mol. The summed E-state index contributed by atoms with van der Waals surface area (Å²) in [5, 5.41) is 11.7. The van der Waals surface area contributed by atoms with E-state index in [1.54, 1.807) is 7.11 Å². The standard InChI is InChI=1S/C15H22N2O/c1-12(2)14-6-5-13(15(11-14)18-3)7-10-17-9-4-8-16/h5-6,11-12,17H,4,7,9-10H2,1-3H3.